The van der Waals surface area contributed by atoms with Crippen molar-refractivity contribution in [2.45, 2.75) is 32.0 Å². The molecule has 0 saturated carbocycles. The monoisotopic (exact) mass is 352 g/mol. The third-order valence-electron chi connectivity index (χ3n) is 3.35. The zero-order valence-electron chi connectivity index (χ0n) is 14.6. The van der Waals surface area contributed by atoms with Crippen LogP contribution in [0.3, 0.4) is 0 Å². The first-order valence-electron chi connectivity index (χ1n) is 8.30. The summed E-state index contributed by atoms with van der Waals surface area (Å²) in [5.41, 5.74) is 1.24. The maximum atomic E-state index is 5.66. The highest BCUT2D eigenvalue weighted by Crippen LogP contribution is 2.28. The maximum Gasteiger partial charge on any atom is 0.209 e. The number of hydrogen-bond acceptors (Lipinski definition) is 6. The Morgan fingerprint density at radius 2 is 1.96 bits per heavy atom. The second-order valence-electron chi connectivity index (χ2n) is 5.22. The number of rotatable bonds is 11. The van der Waals surface area contributed by atoms with E-state index in [1.165, 1.54) is 5.56 Å². The van der Waals surface area contributed by atoms with Gasteiger partial charge in [-0.25, -0.2) is 4.68 Å². The van der Waals surface area contributed by atoms with Gasteiger partial charge in [-0.3, -0.25) is 0 Å². The van der Waals surface area contributed by atoms with Crippen molar-refractivity contribution >= 4 is 11.8 Å². The van der Waals surface area contributed by atoms with Crippen molar-refractivity contribution in [3.63, 3.8) is 0 Å². The fraction of sp³-hybridized carbons (Fsp3) is 0.562. The van der Waals surface area contributed by atoms with Gasteiger partial charge in [-0.1, -0.05) is 11.8 Å². The highest BCUT2D eigenvalue weighted by molar-refractivity contribution is 7.99. The number of thioether (sulfide) groups is 1. The third-order valence-corrected chi connectivity index (χ3v) is 4.45. The van der Waals surface area contributed by atoms with Crippen LogP contribution in [0.4, 0.5) is 0 Å². The minimum atomic E-state index is 0.640. The number of aryl methyl sites for hydroxylation is 1. The van der Waals surface area contributed by atoms with Crippen LogP contribution in [0.1, 0.15) is 25.8 Å². The van der Waals surface area contributed by atoms with Gasteiger partial charge in [0.05, 0.1) is 19.8 Å². The number of ether oxygens (including phenoxy) is 2. The number of nitrogens with two attached hydrogens (primary N) is 1. The molecule has 0 aliphatic carbocycles. The molecule has 1 heterocycles. The molecule has 0 fully saturated rings. The molecule has 0 aliphatic heterocycles. The van der Waals surface area contributed by atoms with Crippen LogP contribution < -0.4 is 14.8 Å². The molecular formula is C16H26N5O2S+. The Kier molecular flexibility index (Phi) is 7.84. The van der Waals surface area contributed by atoms with E-state index < -0.39 is 0 Å². The third kappa shape index (κ3) is 5.68. The summed E-state index contributed by atoms with van der Waals surface area (Å²) in [6, 6.07) is 6.17. The fourth-order valence-corrected chi connectivity index (χ4v) is 3.04. The van der Waals surface area contributed by atoms with Crippen molar-refractivity contribution in [1.29, 1.82) is 0 Å². The molecule has 0 bridgehead atoms. The van der Waals surface area contributed by atoms with Crippen LogP contribution in [0.2, 0.25) is 0 Å². The molecular weight excluding hydrogens is 326 g/mol. The van der Waals surface area contributed by atoms with Crippen LogP contribution in [-0.4, -0.2) is 45.7 Å². The largest absolute Gasteiger partial charge is 0.490 e. The first kappa shape index (κ1) is 18.5. The van der Waals surface area contributed by atoms with Crippen LogP contribution >= 0.6 is 11.8 Å². The molecule has 2 rings (SSSR count). The van der Waals surface area contributed by atoms with E-state index in [0.29, 0.717) is 13.2 Å². The Labute approximate surface area is 147 Å². The van der Waals surface area contributed by atoms with Gasteiger partial charge in [-0.2, -0.15) is 0 Å². The lowest BCUT2D eigenvalue weighted by Gasteiger charge is -2.12. The van der Waals surface area contributed by atoms with Crippen molar-refractivity contribution in [3.8, 4) is 11.5 Å². The number of benzene rings is 1. The number of nitrogens with zero attached hydrogens (tertiary/aromatic N) is 4. The average Bonchev–Trinajstić information content (AvgIpc) is 2.98. The SMILES string of the molecule is CCOc1ccc(C[NH2+]CCCSc2nnnn2C)cc1OCC. The summed E-state index contributed by atoms with van der Waals surface area (Å²) in [5, 5.41) is 14.6. The molecule has 0 saturated heterocycles. The lowest BCUT2D eigenvalue weighted by Crippen LogP contribution is -2.82. The summed E-state index contributed by atoms with van der Waals surface area (Å²) >= 11 is 1.69. The van der Waals surface area contributed by atoms with E-state index >= 15 is 0 Å². The maximum absolute atomic E-state index is 5.66. The minimum Gasteiger partial charge on any atom is -0.490 e. The van der Waals surface area contributed by atoms with Crippen molar-refractivity contribution in [2.24, 2.45) is 7.05 Å². The van der Waals surface area contributed by atoms with Crippen LogP contribution in [0.5, 0.6) is 11.5 Å². The first-order chi connectivity index (χ1) is 11.7. The Hall–Kier alpha value is -1.80. The van der Waals surface area contributed by atoms with Gasteiger partial charge in [0.15, 0.2) is 11.5 Å². The summed E-state index contributed by atoms with van der Waals surface area (Å²) in [5.74, 6) is 2.66. The molecule has 0 amide bonds. The second-order valence-corrected chi connectivity index (χ2v) is 6.28. The van der Waals surface area contributed by atoms with Gasteiger partial charge in [-0.05, 0) is 42.5 Å². The lowest BCUT2D eigenvalue weighted by molar-refractivity contribution is -0.670. The molecule has 1 aromatic carbocycles. The van der Waals surface area contributed by atoms with Crippen molar-refractivity contribution < 1.29 is 14.8 Å². The van der Waals surface area contributed by atoms with Gasteiger partial charge in [0, 0.05) is 24.8 Å². The number of quaternary nitrogens is 1. The van der Waals surface area contributed by atoms with Crippen LogP contribution in [-0.2, 0) is 13.6 Å². The molecule has 1 aromatic heterocycles. The quantitative estimate of drug-likeness (QED) is 0.484. The lowest BCUT2D eigenvalue weighted by atomic mass is 10.2. The summed E-state index contributed by atoms with van der Waals surface area (Å²) in [6.07, 6.45) is 1.10. The standard InChI is InChI=1S/C16H25N5O2S/c1-4-22-14-8-7-13(11-15(14)23-5-2)12-17-9-6-10-24-16-18-19-20-21(16)3/h7-8,11,17H,4-6,9-10,12H2,1-3H3/p+1. The van der Waals surface area contributed by atoms with Crippen molar-refractivity contribution in [2.75, 3.05) is 25.5 Å². The topological polar surface area (TPSA) is 78.7 Å². The summed E-state index contributed by atoms with van der Waals surface area (Å²) < 4.78 is 13.0. The molecule has 0 aliphatic rings. The van der Waals surface area contributed by atoms with Gasteiger partial charge >= 0.3 is 0 Å². The summed E-state index contributed by atoms with van der Waals surface area (Å²) in [7, 11) is 1.86. The predicted molar refractivity (Wildman–Crippen MR) is 93.4 cm³/mol. The van der Waals surface area contributed by atoms with Gasteiger partial charge < -0.3 is 14.8 Å². The normalized spacial score (nSPS) is 10.8. The molecule has 2 N–H and O–H groups in total. The highest BCUT2D eigenvalue weighted by Gasteiger charge is 2.07. The van der Waals surface area contributed by atoms with E-state index in [1.807, 2.05) is 27.0 Å². The molecule has 0 atom stereocenters. The van der Waals surface area contributed by atoms with Gasteiger partial charge in [0.1, 0.15) is 6.54 Å². The smallest absolute Gasteiger partial charge is 0.209 e. The van der Waals surface area contributed by atoms with Gasteiger partial charge in [-0.15, -0.1) is 5.10 Å². The second kappa shape index (κ2) is 10.1. The van der Waals surface area contributed by atoms with E-state index in [-0.39, 0.29) is 0 Å². The van der Waals surface area contributed by atoms with Gasteiger partial charge in [0.2, 0.25) is 5.16 Å². The van der Waals surface area contributed by atoms with Crippen molar-refractivity contribution in [1.82, 2.24) is 20.2 Å². The Bertz CT molecular complexity index is 620. The molecule has 132 valence electrons. The van der Waals surface area contributed by atoms with Crippen molar-refractivity contribution in [3.05, 3.63) is 23.8 Å². The molecule has 0 unspecified atom stereocenters. The molecule has 8 heteroatoms. The van der Waals surface area contributed by atoms with E-state index in [9.17, 15) is 0 Å². The number of tetrazole rings is 1. The van der Waals surface area contributed by atoms with E-state index in [2.05, 4.69) is 33.0 Å². The number of aromatic nitrogens is 4. The molecule has 24 heavy (non-hydrogen) atoms. The summed E-state index contributed by atoms with van der Waals surface area (Å²) in [4.78, 5) is 0. The fourth-order valence-electron chi connectivity index (χ4n) is 2.23. The highest BCUT2D eigenvalue weighted by atomic mass is 32.2. The predicted octanol–water partition coefficient (Wildman–Crippen LogP) is 1.25. The Morgan fingerprint density at radius 3 is 2.67 bits per heavy atom. The Morgan fingerprint density at radius 1 is 1.17 bits per heavy atom. The van der Waals surface area contributed by atoms with Crippen LogP contribution in [0, 0.1) is 0 Å². The Balaban J connectivity index is 1.71. The first-order valence-corrected chi connectivity index (χ1v) is 9.28. The van der Waals surface area contributed by atoms with Gasteiger partial charge in [0.25, 0.3) is 0 Å². The van der Waals surface area contributed by atoms with E-state index in [1.54, 1.807) is 16.4 Å². The average molecular weight is 352 g/mol. The zero-order valence-corrected chi connectivity index (χ0v) is 15.4. The molecule has 2 aromatic rings. The molecule has 0 spiro atoms. The van der Waals surface area contributed by atoms with E-state index in [0.717, 1.165) is 41.9 Å². The van der Waals surface area contributed by atoms with E-state index in [4.69, 9.17) is 9.47 Å². The van der Waals surface area contributed by atoms with Crippen LogP contribution in [0.15, 0.2) is 23.4 Å². The minimum absolute atomic E-state index is 0.640. The number of hydrogen-bond donors (Lipinski definition) is 1. The van der Waals surface area contributed by atoms with Crippen LogP contribution in [0.25, 0.3) is 0 Å². The molecule has 0 radical (unpaired) electrons. The summed E-state index contributed by atoms with van der Waals surface area (Å²) in [6.45, 7) is 7.25. The molecule has 7 nitrogen and oxygen atoms in total. The zero-order chi connectivity index (χ0) is 17.2.